The molecule has 2 heterocycles. The molecule has 0 aliphatic carbocycles. The molecule has 1 N–H and O–H groups in total. The van der Waals surface area contributed by atoms with Crippen LogP contribution in [-0.2, 0) is 15.0 Å². The number of benzene rings is 2. The number of aliphatic hydroxyl groups excluding tert-OH is 1. The molecule has 0 bridgehead atoms. The average molecular weight is 447 g/mol. The van der Waals surface area contributed by atoms with Gasteiger partial charge < -0.3 is 5.11 Å². The summed E-state index contributed by atoms with van der Waals surface area (Å²) < 4.78 is 0. The standard InChI is InChI=1S/C26H26N2O3S/c1-15-6-7-16(2)19(14-15)22(29)20-21(17-8-10-18(11-9-17)26(3,4)5)28(24(31)23(20)30)25-27-12-13-32-25/h6-14,21,29H,1-5H3. The summed E-state index contributed by atoms with van der Waals surface area (Å²) in [6.45, 7) is 10.2. The van der Waals surface area contributed by atoms with Crippen molar-refractivity contribution < 1.29 is 14.7 Å². The number of thiazole rings is 1. The van der Waals surface area contributed by atoms with Gasteiger partial charge in [0.15, 0.2) is 5.13 Å². The molecular weight excluding hydrogens is 420 g/mol. The van der Waals surface area contributed by atoms with Crippen LogP contribution in [-0.4, -0.2) is 21.8 Å². The molecule has 1 unspecified atom stereocenters. The lowest BCUT2D eigenvalue weighted by atomic mass is 9.85. The predicted octanol–water partition coefficient (Wildman–Crippen LogP) is 5.68. The monoisotopic (exact) mass is 446 g/mol. The van der Waals surface area contributed by atoms with Crippen molar-refractivity contribution in [2.24, 2.45) is 0 Å². The summed E-state index contributed by atoms with van der Waals surface area (Å²) in [5.41, 5.74) is 4.28. The average Bonchev–Trinajstić information content (AvgIpc) is 3.36. The Morgan fingerprint density at radius 1 is 1.06 bits per heavy atom. The first-order valence-electron chi connectivity index (χ1n) is 10.5. The summed E-state index contributed by atoms with van der Waals surface area (Å²) in [7, 11) is 0. The van der Waals surface area contributed by atoms with Crippen LogP contribution in [0.4, 0.5) is 5.13 Å². The number of amides is 1. The van der Waals surface area contributed by atoms with Crippen LogP contribution in [0.25, 0.3) is 5.76 Å². The molecule has 5 nitrogen and oxygen atoms in total. The van der Waals surface area contributed by atoms with Crippen LogP contribution in [0.2, 0.25) is 0 Å². The Balaban J connectivity index is 1.94. The third kappa shape index (κ3) is 3.75. The first kappa shape index (κ1) is 22.0. The van der Waals surface area contributed by atoms with Crippen molar-refractivity contribution >= 4 is 33.9 Å². The van der Waals surface area contributed by atoms with E-state index in [1.165, 1.54) is 16.2 Å². The third-order valence-corrected chi connectivity index (χ3v) is 6.58. The molecule has 32 heavy (non-hydrogen) atoms. The molecule has 0 spiro atoms. The second-order valence-corrected chi connectivity index (χ2v) is 10.0. The lowest BCUT2D eigenvalue weighted by Crippen LogP contribution is -2.29. The van der Waals surface area contributed by atoms with Gasteiger partial charge in [0.1, 0.15) is 5.76 Å². The van der Waals surface area contributed by atoms with Crippen molar-refractivity contribution in [3.8, 4) is 0 Å². The molecule has 1 aromatic heterocycles. The fourth-order valence-corrected chi connectivity index (χ4v) is 4.65. The summed E-state index contributed by atoms with van der Waals surface area (Å²) >= 11 is 1.28. The Kier molecular flexibility index (Phi) is 5.51. The largest absolute Gasteiger partial charge is 0.507 e. The second-order valence-electron chi connectivity index (χ2n) is 9.17. The van der Waals surface area contributed by atoms with Crippen molar-refractivity contribution in [2.75, 3.05) is 4.90 Å². The van der Waals surface area contributed by atoms with Crippen molar-refractivity contribution in [2.45, 2.75) is 46.1 Å². The Hall–Kier alpha value is -3.25. The van der Waals surface area contributed by atoms with Crippen molar-refractivity contribution in [3.05, 3.63) is 87.4 Å². The Morgan fingerprint density at radius 3 is 2.34 bits per heavy atom. The number of anilines is 1. The van der Waals surface area contributed by atoms with Gasteiger partial charge in [0.2, 0.25) is 0 Å². The van der Waals surface area contributed by atoms with Gasteiger partial charge in [0, 0.05) is 17.1 Å². The minimum atomic E-state index is -0.755. The van der Waals surface area contributed by atoms with Crippen LogP contribution in [0.3, 0.4) is 0 Å². The van der Waals surface area contributed by atoms with Crippen LogP contribution < -0.4 is 4.90 Å². The van der Waals surface area contributed by atoms with E-state index in [2.05, 4.69) is 25.8 Å². The molecule has 2 aromatic carbocycles. The SMILES string of the molecule is Cc1ccc(C)c(C(O)=C2C(=O)C(=O)N(c3nccs3)C2c2ccc(C(C)(C)C)cc2)c1. The molecule has 1 atom stereocenters. The second kappa shape index (κ2) is 8.02. The highest BCUT2D eigenvalue weighted by molar-refractivity contribution is 7.14. The van der Waals surface area contributed by atoms with Gasteiger partial charge in [0.25, 0.3) is 5.78 Å². The minimum absolute atomic E-state index is 0.0334. The van der Waals surface area contributed by atoms with Gasteiger partial charge in [-0.15, -0.1) is 11.3 Å². The first-order valence-corrected chi connectivity index (χ1v) is 11.4. The molecule has 1 amide bonds. The van der Waals surface area contributed by atoms with E-state index in [0.717, 1.165) is 22.3 Å². The number of aryl methyl sites for hydroxylation is 2. The molecule has 4 rings (SSSR count). The fourth-order valence-electron chi connectivity index (χ4n) is 3.98. The predicted molar refractivity (Wildman–Crippen MR) is 128 cm³/mol. The maximum atomic E-state index is 13.2. The molecule has 1 aliphatic rings. The number of hydrogen-bond donors (Lipinski definition) is 1. The maximum Gasteiger partial charge on any atom is 0.301 e. The van der Waals surface area contributed by atoms with Crippen molar-refractivity contribution in [1.29, 1.82) is 0 Å². The van der Waals surface area contributed by atoms with E-state index >= 15 is 0 Å². The quantitative estimate of drug-likeness (QED) is 0.319. The molecule has 0 radical (unpaired) electrons. The number of nitrogens with zero attached hydrogens (tertiary/aromatic N) is 2. The first-order chi connectivity index (χ1) is 15.1. The molecule has 3 aromatic rings. The third-order valence-electron chi connectivity index (χ3n) is 5.81. The van der Waals surface area contributed by atoms with Gasteiger partial charge >= 0.3 is 5.91 Å². The van der Waals surface area contributed by atoms with E-state index in [9.17, 15) is 14.7 Å². The molecular formula is C26H26N2O3S. The lowest BCUT2D eigenvalue weighted by Gasteiger charge is -2.25. The van der Waals surface area contributed by atoms with Crippen molar-refractivity contribution in [3.63, 3.8) is 0 Å². The van der Waals surface area contributed by atoms with Gasteiger partial charge in [-0.3, -0.25) is 14.5 Å². The van der Waals surface area contributed by atoms with Crippen LogP contribution >= 0.6 is 11.3 Å². The number of ketones is 1. The van der Waals surface area contributed by atoms with Gasteiger partial charge in [-0.1, -0.05) is 62.7 Å². The molecule has 164 valence electrons. The molecule has 6 heteroatoms. The van der Waals surface area contributed by atoms with E-state index in [0.29, 0.717) is 10.7 Å². The van der Waals surface area contributed by atoms with Crippen LogP contribution in [0.15, 0.2) is 59.6 Å². The molecule has 1 aliphatic heterocycles. The summed E-state index contributed by atoms with van der Waals surface area (Å²) in [6, 6.07) is 12.8. The minimum Gasteiger partial charge on any atom is -0.507 e. The topological polar surface area (TPSA) is 70.5 Å². The summed E-state index contributed by atoms with van der Waals surface area (Å²) in [5, 5.41) is 13.5. The number of aliphatic hydroxyl groups is 1. The summed E-state index contributed by atoms with van der Waals surface area (Å²) in [6.07, 6.45) is 1.60. The number of aromatic nitrogens is 1. The van der Waals surface area contributed by atoms with Gasteiger partial charge in [-0.25, -0.2) is 4.98 Å². The van der Waals surface area contributed by atoms with E-state index in [1.54, 1.807) is 11.6 Å². The highest BCUT2D eigenvalue weighted by atomic mass is 32.1. The molecule has 1 fully saturated rings. The fraction of sp³-hybridized carbons (Fsp3) is 0.269. The Bertz CT molecular complexity index is 1220. The van der Waals surface area contributed by atoms with Crippen molar-refractivity contribution in [1.82, 2.24) is 4.98 Å². The molecule has 0 saturated carbocycles. The number of carbonyl (C=O) groups excluding carboxylic acids is 2. The summed E-state index contributed by atoms with van der Waals surface area (Å²) in [5.74, 6) is -1.55. The highest BCUT2D eigenvalue weighted by Crippen LogP contribution is 2.43. The summed E-state index contributed by atoms with van der Waals surface area (Å²) in [4.78, 5) is 32.0. The van der Waals surface area contributed by atoms with Crippen LogP contribution in [0.1, 0.15) is 54.6 Å². The highest BCUT2D eigenvalue weighted by Gasteiger charge is 2.48. The normalized spacial score (nSPS) is 18.4. The Labute approximate surface area is 192 Å². The van der Waals surface area contributed by atoms with Crippen LogP contribution in [0, 0.1) is 13.8 Å². The zero-order valence-corrected chi connectivity index (χ0v) is 19.7. The zero-order chi connectivity index (χ0) is 23.2. The number of Topliss-reactive ketones (excluding diaryl/α,β-unsaturated/α-hetero) is 1. The van der Waals surface area contributed by atoms with Gasteiger partial charge in [-0.05, 0) is 42.0 Å². The van der Waals surface area contributed by atoms with Gasteiger partial charge in [0.05, 0.1) is 11.6 Å². The Morgan fingerprint density at radius 2 is 1.75 bits per heavy atom. The zero-order valence-electron chi connectivity index (χ0n) is 18.8. The number of rotatable bonds is 3. The van der Waals surface area contributed by atoms with E-state index in [1.807, 2.05) is 56.3 Å². The van der Waals surface area contributed by atoms with Crippen LogP contribution in [0.5, 0.6) is 0 Å². The van der Waals surface area contributed by atoms with E-state index in [4.69, 9.17) is 0 Å². The smallest absolute Gasteiger partial charge is 0.301 e. The molecule has 1 saturated heterocycles. The number of hydrogen-bond acceptors (Lipinski definition) is 5. The van der Waals surface area contributed by atoms with Gasteiger partial charge in [-0.2, -0.15) is 0 Å². The van der Waals surface area contributed by atoms with E-state index in [-0.39, 0.29) is 16.7 Å². The van der Waals surface area contributed by atoms with E-state index < -0.39 is 17.7 Å². The lowest BCUT2D eigenvalue weighted by molar-refractivity contribution is -0.132. The number of carbonyl (C=O) groups is 2. The maximum absolute atomic E-state index is 13.2.